The molecule has 4 nitrogen and oxygen atoms in total. The van der Waals surface area contributed by atoms with E-state index in [2.05, 4.69) is 0 Å². The Morgan fingerprint density at radius 1 is 1.38 bits per heavy atom. The van der Waals surface area contributed by atoms with E-state index in [9.17, 15) is 13.5 Å². The monoisotopic (exact) mass is 241 g/mol. The van der Waals surface area contributed by atoms with Crippen LogP contribution in [-0.4, -0.2) is 31.6 Å². The van der Waals surface area contributed by atoms with Crippen molar-refractivity contribution in [3.63, 3.8) is 0 Å². The van der Waals surface area contributed by atoms with Crippen molar-refractivity contribution in [2.24, 2.45) is 11.7 Å². The SMILES string of the molecule is NCC1CS(=O)(=O)CC1c1cccc(O)c1. The molecular formula is C11H15NO3S. The molecule has 1 aliphatic heterocycles. The van der Waals surface area contributed by atoms with Crippen LogP contribution in [0.4, 0.5) is 0 Å². The molecule has 88 valence electrons. The Balaban J connectivity index is 2.33. The molecule has 1 fully saturated rings. The van der Waals surface area contributed by atoms with Crippen LogP contribution in [0.5, 0.6) is 5.75 Å². The van der Waals surface area contributed by atoms with Gasteiger partial charge in [0.25, 0.3) is 0 Å². The molecule has 5 heteroatoms. The third kappa shape index (κ3) is 2.20. The number of phenolic OH excluding ortho intramolecular Hbond substituents is 1. The van der Waals surface area contributed by atoms with Crippen LogP contribution in [-0.2, 0) is 9.84 Å². The molecule has 2 rings (SSSR count). The summed E-state index contributed by atoms with van der Waals surface area (Å²) >= 11 is 0. The zero-order chi connectivity index (χ0) is 11.8. The zero-order valence-corrected chi connectivity index (χ0v) is 9.65. The highest BCUT2D eigenvalue weighted by atomic mass is 32.2. The van der Waals surface area contributed by atoms with E-state index in [-0.39, 0.29) is 29.1 Å². The minimum absolute atomic E-state index is 0.0354. The van der Waals surface area contributed by atoms with Gasteiger partial charge < -0.3 is 10.8 Å². The van der Waals surface area contributed by atoms with Gasteiger partial charge in [0.15, 0.2) is 9.84 Å². The van der Waals surface area contributed by atoms with E-state index >= 15 is 0 Å². The summed E-state index contributed by atoms with van der Waals surface area (Å²) in [6, 6.07) is 6.76. The summed E-state index contributed by atoms with van der Waals surface area (Å²) in [5.41, 5.74) is 6.45. The largest absolute Gasteiger partial charge is 0.508 e. The first-order valence-corrected chi connectivity index (χ1v) is 7.03. The van der Waals surface area contributed by atoms with E-state index in [1.807, 2.05) is 6.07 Å². The van der Waals surface area contributed by atoms with Crippen molar-refractivity contribution in [1.29, 1.82) is 0 Å². The van der Waals surface area contributed by atoms with Crippen LogP contribution in [0.25, 0.3) is 0 Å². The van der Waals surface area contributed by atoms with Crippen LogP contribution in [0.3, 0.4) is 0 Å². The zero-order valence-electron chi connectivity index (χ0n) is 8.83. The molecule has 0 amide bonds. The first kappa shape index (κ1) is 11.4. The summed E-state index contributed by atoms with van der Waals surface area (Å²) in [6.07, 6.45) is 0. The number of aromatic hydroxyl groups is 1. The molecule has 0 saturated carbocycles. The standard InChI is InChI=1S/C11H15NO3S/c12-5-9-6-16(14,15)7-11(9)8-2-1-3-10(13)4-8/h1-4,9,11,13H,5-7,12H2. The smallest absolute Gasteiger partial charge is 0.151 e. The molecule has 0 bridgehead atoms. The van der Waals surface area contributed by atoms with E-state index < -0.39 is 9.84 Å². The Morgan fingerprint density at radius 3 is 2.75 bits per heavy atom. The highest BCUT2D eigenvalue weighted by Crippen LogP contribution is 2.34. The molecule has 16 heavy (non-hydrogen) atoms. The molecule has 2 unspecified atom stereocenters. The lowest BCUT2D eigenvalue weighted by Crippen LogP contribution is -2.20. The molecule has 0 spiro atoms. The number of benzene rings is 1. The summed E-state index contributed by atoms with van der Waals surface area (Å²) in [6.45, 7) is 0.361. The van der Waals surface area contributed by atoms with E-state index in [1.54, 1.807) is 18.2 Å². The summed E-state index contributed by atoms with van der Waals surface area (Å²) in [7, 11) is -2.98. The van der Waals surface area contributed by atoms with Crippen molar-refractivity contribution >= 4 is 9.84 Å². The van der Waals surface area contributed by atoms with Gasteiger partial charge in [-0.2, -0.15) is 0 Å². The molecular weight excluding hydrogens is 226 g/mol. The van der Waals surface area contributed by atoms with Crippen molar-refractivity contribution in [3.05, 3.63) is 29.8 Å². The second kappa shape index (κ2) is 4.07. The Hall–Kier alpha value is -1.07. The molecule has 0 radical (unpaired) electrons. The molecule has 1 saturated heterocycles. The molecule has 2 atom stereocenters. The average molecular weight is 241 g/mol. The number of sulfone groups is 1. The molecule has 0 aliphatic carbocycles. The van der Waals surface area contributed by atoms with E-state index in [1.165, 1.54) is 0 Å². The second-order valence-corrected chi connectivity index (χ2v) is 6.43. The van der Waals surface area contributed by atoms with Gasteiger partial charge in [-0.15, -0.1) is 0 Å². The highest BCUT2D eigenvalue weighted by molar-refractivity contribution is 7.91. The maximum Gasteiger partial charge on any atom is 0.151 e. The minimum Gasteiger partial charge on any atom is -0.508 e. The number of phenols is 1. The van der Waals surface area contributed by atoms with Crippen molar-refractivity contribution < 1.29 is 13.5 Å². The van der Waals surface area contributed by atoms with Crippen LogP contribution in [0.15, 0.2) is 24.3 Å². The fourth-order valence-corrected chi connectivity index (χ4v) is 4.44. The third-order valence-electron chi connectivity index (χ3n) is 3.07. The van der Waals surface area contributed by atoms with Gasteiger partial charge >= 0.3 is 0 Å². The van der Waals surface area contributed by atoms with Crippen molar-refractivity contribution in [2.45, 2.75) is 5.92 Å². The fourth-order valence-electron chi connectivity index (χ4n) is 2.28. The number of hydrogen-bond acceptors (Lipinski definition) is 4. The summed E-state index contributed by atoms with van der Waals surface area (Å²) < 4.78 is 23.1. The molecule has 1 aromatic rings. The van der Waals surface area contributed by atoms with E-state index in [0.29, 0.717) is 6.54 Å². The lowest BCUT2D eigenvalue weighted by molar-refractivity contribution is 0.471. The minimum atomic E-state index is -2.98. The molecule has 1 aromatic carbocycles. The van der Waals surface area contributed by atoms with Crippen molar-refractivity contribution in [1.82, 2.24) is 0 Å². The van der Waals surface area contributed by atoms with Crippen LogP contribution < -0.4 is 5.73 Å². The summed E-state index contributed by atoms with van der Waals surface area (Å²) in [5.74, 6) is 0.341. The van der Waals surface area contributed by atoms with Gasteiger partial charge in [0.1, 0.15) is 5.75 Å². The summed E-state index contributed by atoms with van der Waals surface area (Å²) in [5, 5.41) is 9.38. The third-order valence-corrected chi connectivity index (χ3v) is 4.87. The molecule has 3 N–H and O–H groups in total. The first-order chi connectivity index (χ1) is 7.52. The quantitative estimate of drug-likeness (QED) is 0.789. The Labute approximate surface area is 95.0 Å². The lowest BCUT2D eigenvalue weighted by Gasteiger charge is -2.16. The van der Waals surface area contributed by atoms with Crippen LogP contribution in [0, 0.1) is 5.92 Å². The van der Waals surface area contributed by atoms with Gasteiger partial charge in [-0.1, -0.05) is 12.1 Å². The normalized spacial score (nSPS) is 28.1. The average Bonchev–Trinajstić information content (AvgIpc) is 2.54. The van der Waals surface area contributed by atoms with Crippen molar-refractivity contribution in [2.75, 3.05) is 18.1 Å². The van der Waals surface area contributed by atoms with Crippen LogP contribution in [0.1, 0.15) is 11.5 Å². The van der Waals surface area contributed by atoms with Gasteiger partial charge in [0.05, 0.1) is 11.5 Å². The Bertz CT molecular complexity index is 484. The van der Waals surface area contributed by atoms with Crippen LogP contribution >= 0.6 is 0 Å². The molecule has 1 aliphatic rings. The summed E-state index contributed by atoms with van der Waals surface area (Å²) in [4.78, 5) is 0. The Kier molecular flexibility index (Phi) is 2.90. The molecule has 0 aromatic heterocycles. The predicted octanol–water partition coefficient (Wildman–Crippen LogP) is 0.479. The number of nitrogens with two attached hydrogens (primary N) is 1. The van der Waals surface area contributed by atoms with Gasteiger partial charge in [-0.25, -0.2) is 8.42 Å². The molecule has 1 heterocycles. The van der Waals surface area contributed by atoms with Gasteiger partial charge in [-0.3, -0.25) is 0 Å². The number of hydrogen-bond donors (Lipinski definition) is 2. The maximum atomic E-state index is 11.6. The second-order valence-electron chi connectivity index (χ2n) is 4.27. The van der Waals surface area contributed by atoms with Crippen molar-refractivity contribution in [3.8, 4) is 5.75 Å². The topological polar surface area (TPSA) is 80.4 Å². The number of rotatable bonds is 2. The van der Waals surface area contributed by atoms with E-state index in [0.717, 1.165) is 5.56 Å². The maximum absolute atomic E-state index is 11.6. The van der Waals surface area contributed by atoms with Gasteiger partial charge in [0, 0.05) is 5.92 Å². The van der Waals surface area contributed by atoms with E-state index in [4.69, 9.17) is 5.73 Å². The highest BCUT2D eigenvalue weighted by Gasteiger charge is 2.37. The van der Waals surface area contributed by atoms with Gasteiger partial charge in [0.2, 0.25) is 0 Å². The predicted molar refractivity (Wildman–Crippen MR) is 62.0 cm³/mol. The van der Waals surface area contributed by atoms with Crippen LogP contribution in [0.2, 0.25) is 0 Å². The Morgan fingerprint density at radius 2 is 2.12 bits per heavy atom. The van der Waals surface area contributed by atoms with Gasteiger partial charge in [-0.05, 0) is 30.2 Å². The fraction of sp³-hybridized carbons (Fsp3) is 0.455. The first-order valence-electron chi connectivity index (χ1n) is 5.21. The lowest BCUT2D eigenvalue weighted by atomic mass is 9.89.